The van der Waals surface area contributed by atoms with Gasteiger partial charge in [-0.25, -0.2) is 18.2 Å². The second-order valence-electron chi connectivity index (χ2n) is 8.30. The Morgan fingerprint density at radius 3 is 2.27 bits per heavy atom. The molecule has 0 saturated carbocycles. The van der Waals surface area contributed by atoms with Crippen molar-refractivity contribution in [1.82, 2.24) is 10.3 Å². The molecule has 0 saturated heterocycles. The zero-order valence-electron chi connectivity index (χ0n) is 19.2. The van der Waals surface area contributed by atoms with E-state index < -0.39 is 27.8 Å². The lowest BCUT2D eigenvalue weighted by Gasteiger charge is -2.16. The fraction of sp³-hybridized carbons (Fsp3) is 0.115. The molecule has 0 radical (unpaired) electrons. The van der Waals surface area contributed by atoms with Crippen LogP contribution in [0.4, 0.5) is 0 Å². The summed E-state index contributed by atoms with van der Waals surface area (Å²) in [5.41, 5.74) is 2.50. The Morgan fingerprint density at radius 2 is 1.65 bits per heavy atom. The predicted octanol–water partition coefficient (Wildman–Crippen LogP) is 5.69. The van der Waals surface area contributed by atoms with E-state index in [0.717, 1.165) is 17.7 Å². The molecule has 0 unspecified atom stereocenters. The van der Waals surface area contributed by atoms with Crippen molar-refractivity contribution in [3.8, 4) is 11.3 Å². The highest BCUT2D eigenvalue weighted by atomic mass is 35.5. The summed E-state index contributed by atoms with van der Waals surface area (Å²) in [6, 6.07) is 16.5. The average Bonchev–Trinajstić information content (AvgIpc) is 2.82. The van der Waals surface area contributed by atoms with E-state index in [1.165, 1.54) is 12.1 Å². The van der Waals surface area contributed by atoms with Crippen molar-refractivity contribution < 1.29 is 23.1 Å². The van der Waals surface area contributed by atoms with Crippen LogP contribution < -0.4 is 5.32 Å². The number of carboxylic acids is 1. The van der Waals surface area contributed by atoms with Gasteiger partial charge < -0.3 is 10.4 Å². The molecule has 0 spiro atoms. The summed E-state index contributed by atoms with van der Waals surface area (Å²) in [5.74, 6) is -1.97. The van der Waals surface area contributed by atoms with E-state index in [1.54, 1.807) is 42.5 Å². The number of carbonyl (C=O) groups excluding carboxylic acids is 1. The van der Waals surface area contributed by atoms with Crippen molar-refractivity contribution in [2.24, 2.45) is 0 Å². The van der Waals surface area contributed by atoms with Gasteiger partial charge in [-0.15, -0.1) is 0 Å². The maximum absolute atomic E-state index is 12.7. The van der Waals surface area contributed by atoms with Gasteiger partial charge in [-0.1, -0.05) is 53.0 Å². The van der Waals surface area contributed by atoms with Gasteiger partial charge in [0.05, 0.1) is 36.7 Å². The maximum Gasteiger partial charge on any atom is 0.326 e. The molecule has 4 rings (SSSR count). The predicted molar refractivity (Wildman–Crippen MR) is 144 cm³/mol. The zero-order chi connectivity index (χ0) is 26.9. The molecule has 4 aromatic rings. The van der Waals surface area contributed by atoms with Crippen LogP contribution in [0.2, 0.25) is 15.1 Å². The summed E-state index contributed by atoms with van der Waals surface area (Å²) in [6.07, 6.45) is 1.01. The van der Waals surface area contributed by atoms with Crippen molar-refractivity contribution in [2.75, 3.05) is 6.26 Å². The van der Waals surface area contributed by atoms with Gasteiger partial charge in [-0.3, -0.25) is 4.79 Å². The molecule has 0 aliphatic carbocycles. The van der Waals surface area contributed by atoms with Gasteiger partial charge in [-0.05, 0) is 54.1 Å². The van der Waals surface area contributed by atoms with Crippen LogP contribution in [0.3, 0.4) is 0 Å². The molecular weight excluding hydrogens is 559 g/mol. The van der Waals surface area contributed by atoms with Crippen molar-refractivity contribution in [3.63, 3.8) is 0 Å². The molecule has 2 N–H and O–H groups in total. The molecule has 1 atom stereocenters. The Morgan fingerprint density at radius 1 is 0.946 bits per heavy atom. The third-order valence-electron chi connectivity index (χ3n) is 5.63. The molecule has 0 bridgehead atoms. The van der Waals surface area contributed by atoms with Gasteiger partial charge in [0.25, 0.3) is 5.91 Å². The second kappa shape index (κ2) is 10.7. The van der Waals surface area contributed by atoms with Crippen molar-refractivity contribution in [3.05, 3.63) is 92.9 Å². The van der Waals surface area contributed by atoms with Crippen LogP contribution in [-0.4, -0.2) is 42.7 Å². The van der Waals surface area contributed by atoms with Crippen LogP contribution in [0.25, 0.3) is 22.2 Å². The van der Waals surface area contributed by atoms with Gasteiger partial charge in [0, 0.05) is 23.6 Å². The number of nitrogens with one attached hydrogen (secondary N) is 1. The monoisotopic (exact) mass is 576 g/mol. The molecule has 190 valence electrons. The minimum absolute atomic E-state index is 0.00581. The first-order valence-electron chi connectivity index (χ1n) is 10.8. The van der Waals surface area contributed by atoms with Gasteiger partial charge in [0.1, 0.15) is 6.04 Å². The van der Waals surface area contributed by atoms with Crippen LogP contribution in [0.15, 0.2) is 71.6 Å². The van der Waals surface area contributed by atoms with Crippen molar-refractivity contribution in [1.29, 1.82) is 0 Å². The number of sulfone groups is 1. The highest BCUT2D eigenvalue weighted by Gasteiger charge is 2.23. The van der Waals surface area contributed by atoms with Crippen LogP contribution in [0.5, 0.6) is 0 Å². The molecule has 0 aliphatic heterocycles. The minimum Gasteiger partial charge on any atom is -0.480 e. The molecule has 1 heterocycles. The van der Waals surface area contributed by atoms with Gasteiger partial charge >= 0.3 is 5.97 Å². The first-order valence-corrected chi connectivity index (χ1v) is 13.8. The number of pyridine rings is 1. The minimum atomic E-state index is -3.51. The average molecular weight is 578 g/mol. The summed E-state index contributed by atoms with van der Waals surface area (Å²) < 4.78 is 23.4. The Labute approximate surface area is 227 Å². The third kappa shape index (κ3) is 6.05. The number of hydrogen-bond donors (Lipinski definition) is 2. The number of amides is 1. The van der Waals surface area contributed by atoms with Crippen LogP contribution >= 0.6 is 34.8 Å². The molecular formula is C26H19Cl3N2O5S. The second-order valence-corrected chi connectivity index (χ2v) is 11.5. The van der Waals surface area contributed by atoms with Crippen LogP contribution in [-0.2, 0) is 21.1 Å². The van der Waals surface area contributed by atoms with E-state index in [1.807, 2.05) is 6.07 Å². The quantitative estimate of drug-likeness (QED) is 0.292. The van der Waals surface area contributed by atoms with Gasteiger partial charge in [0.15, 0.2) is 9.84 Å². The summed E-state index contributed by atoms with van der Waals surface area (Å²) in [4.78, 5) is 29.2. The van der Waals surface area contributed by atoms with E-state index in [0.29, 0.717) is 32.4 Å². The highest BCUT2D eigenvalue weighted by Crippen LogP contribution is 2.34. The number of aliphatic carboxylic acids is 1. The molecule has 0 fully saturated rings. The molecule has 11 heteroatoms. The summed E-state index contributed by atoms with van der Waals surface area (Å²) in [7, 11) is -3.51. The maximum atomic E-state index is 12.7. The number of fused-ring (bicyclic) bond motifs is 1. The smallest absolute Gasteiger partial charge is 0.326 e. The number of carbonyl (C=O) groups is 2. The number of benzene rings is 3. The molecule has 0 aliphatic rings. The van der Waals surface area contributed by atoms with Crippen LogP contribution in [0, 0.1) is 0 Å². The molecule has 3 aromatic carbocycles. The number of hydrogen-bond acceptors (Lipinski definition) is 5. The largest absolute Gasteiger partial charge is 0.480 e. The Balaban J connectivity index is 1.56. The number of nitrogens with zero attached hydrogens (tertiary/aromatic N) is 1. The third-order valence-corrected chi connectivity index (χ3v) is 7.68. The fourth-order valence-electron chi connectivity index (χ4n) is 3.77. The van der Waals surface area contributed by atoms with E-state index in [4.69, 9.17) is 34.8 Å². The number of carboxylic acid groups (broad SMARTS) is 1. The van der Waals surface area contributed by atoms with E-state index in [2.05, 4.69) is 10.3 Å². The normalized spacial score (nSPS) is 12.3. The highest BCUT2D eigenvalue weighted by molar-refractivity contribution is 7.90. The molecule has 7 nitrogen and oxygen atoms in total. The standard InChI is InChI=1S/C26H19Cl3N2O5S/c1-37(35,36)16-7-8-17(20(29)13-16)25(32)31-23(26(33)34)12-14-5-9-21-15(11-14)6-10-22(30-21)24-18(27)3-2-4-19(24)28/h2-11,13,23H,12H2,1H3,(H,31,32)(H,33,34)/t23-/m0/s1. The lowest BCUT2D eigenvalue weighted by atomic mass is 10.0. The first kappa shape index (κ1) is 26.9. The Hall–Kier alpha value is -3.17. The number of halogens is 3. The topological polar surface area (TPSA) is 113 Å². The summed E-state index contributed by atoms with van der Waals surface area (Å²) in [6.45, 7) is 0. The van der Waals surface area contributed by atoms with E-state index in [9.17, 15) is 23.1 Å². The number of rotatable bonds is 7. The Bertz CT molecular complexity index is 1640. The number of aromatic nitrogens is 1. The molecule has 1 aromatic heterocycles. The lowest BCUT2D eigenvalue weighted by Crippen LogP contribution is -2.42. The first-order chi connectivity index (χ1) is 17.4. The van der Waals surface area contributed by atoms with Crippen molar-refractivity contribution >= 4 is 67.4 Å². The van der Waals surface area contributed by atoms with Crippen LogP contribution in [0.1, 0.15) is 15.9 Å². The molecule has 37 heavy (non-hydrogen) atoms. The van der Waals surface area contributed by atoms with E-state index >= 15 is 0 Å². The summed E-state index contributed by atoms with van der Waals surface area (Å²) >= 11 is 18.7. The SMILES string of the molecule is CS(=O)(=O)c1ccc(C(=O)N[C@@H](Cc2ccc3nc(-c4c(Cl)cccc4Cl)ccc3c2)C(=O)O)c(Cl)c1. The lowest BCUT2D eigenvalue weighted by molar-refractivity contribution is -0.139. The van der Waals surface area contributed by atoms with Gasteiger partial charge in [-0.2, -0.15) is 0 Å². The zero-order valence-corrected chi connectivity index (χ0v) is 22.3. The van der Waals surface area contributed by atoms with Gasteiger partial charge in [0.2, 0.25) is 0 Å². The van der Waals surface area contributed by atoms with E-state index in [-0.39, 0.29) is 21.9 Å². The Kier molecular flexibility index (Phi) is 7.75. The summed E-state index contributed by atoms with van der Waals surface area (Å²) in [5, 5.41) is 13.8. The van der Waals surface area contributed by atoms with Crippen molar-refractivity contribution in [2.45, 2.75) is 17.4 Å². The molecule has 1 amide bonds. The fourth-order valence-corrected chi connectivity index (χ4v) is 5.34.